The van der Waals surface area contributed by atoms with Crippen LogP contribution in [0.5, 0.6) is 0 Å². The summed E-state index contributed by atoms with van der Waals surface area (Å²) in [6.45, 7) is 3.85. The van der Waals surface area contributed by atoms with E-state index in [2.05, 4.69) is 5.10 Å². The minimum atomic E-state index is -0.146. The van der Waals surface area contributed by atoms with Crippen LogP contribution in [0.1, 0.15) is 19.9 Å². The largest absolute Gasteiger partial charge is 0.310 e. The normalized spacial score (nSPS) is 10.6. The van der Waals surface area contributed by atoms with E-state index >= 15 is 0 Å². The van der Waals surface area contributed by atoms with E-state index in [-0.39, 0.29) is 11.6 Å². The van der Waals surface area contributed by atoms with E-state index in [1.807, 2.05) is 25.3 Å². The lowest BCUT2D eigenvalue weighted by molar-refractivity contribution is 0.566. The van der Waals surface area contributed by atoms with Gasteiger partial charge in [-0.15, -0.1) is 0 Å². The van der Waals surface area contributed by atoms with Crippen molar-refractivity contribution >= 4 is 11.8 Å². The first-order chi connectivity index (χ1) is 8.63. The van der Waals surface area contributed by atoms with Gasteiger partial charge >= 0.3 is 0 Å². The maximum absolute atomic E-state index is 12.1. The lowest BCUT2D eigenvalue weighted by Crippen LogP contribution is -2.23. The number of nitrogens with zero attached hydrogens (tertiary/aromatic N) is 4. The third kappa shape index (κ3) is 2.31. The van der Waals surface area contributed by atoms with Crippen molar-refractivity contribution < 1.29 is 0 Å². The summed E-state index contributed by atoms with van der Waals surface area (Å²) in [7, 11) is 0. The van der Waals surface area contributed by atoms with E-state index in [9.17, 15) is 4.79 Å². The topological polar surface area (TPSA) is 63.6 Å². The van der Waals surface area contributed by atoms with E-state index in [0.29, 0.717) is 4.90 Å². The second-order valence-corrected chi connectivity index (χ2v) is 4.84. The van der Waals surface area contributed by atoms with Gasteiger partial charge in [0, 0.05) is 24.6 Å². The number of aromatic nitrogens is 3. The average Bonchev–Trinajstić information content (AvgIpc) is 2.85. The minimum absolute atomic E-state index is 0.0334. The first-order valence-corrected chi connectivity index (χ1v) is 6.27. The molecule has 0 fully saturated rings. The highest BCUT2D eigenvalue weighted by molar-refractivity contribution is 8.03. The molecule has 0 aliphatic heterocycles. The van der Waals surface area contributed by atoms with Crippen molar-refractivity contribution in [3.63, 3.8) is 0 Å². The second-order valence-electron chi connectivity index (χ2n) is 4.01. The smallest absolute Gasteiger partial charge is 0.265 e. The first-order valence-electron chi connectivity index (χ1n) is 5.45. The Morgan fingerprint density at radius 1 is 1.50 bits per heavy atom. The van der Waals surface area contributed by atoms with Crippen molar-refractivity contribution in [1.82, 2.24) is 14.3 Å². The summed E-state index contributed by atoms with van der Waals surface area (Å²) >= 11 is 0.876. The molecule has 0 unspecified atom stereocenters. The maximum Gasteiger partial charge on any atom is 0.265 e. The van der Waals surface area contributed by atoms with Gasteiger partial charge in [0.1, 0.15) is 5.40 Å². The predicted octanol–water partition coefficient (Wildman–Crippen LogP) is 2.19. The molecule has 2 rings (SSSR count). The molecule has 0 radical (unpaired) electrons. The molecule has 0 saturated heterocycles. The Morgan fingerprint density at radius 3 is 2.83 bits per heavy atom. The number of pyridine rings is 1. The van der Waals surface area contributed by atoms with Gasteiger partial charge in [-0.25, -0.2) is 4.68 Å². The van der Waals surface area contributed by atoms with Gasteiger partial charge in [-0.2, -0.15) is 10.4 Å². The highest BCUT2D eigenvalue weighted by atomic mass is 32.2. The summed E-state index contributed by atoms with van der Waals surface area (Å²) in [6, 6.07) is 3.52. The van der Waals surface area contributed by atoms with E-state index in [0.717, 1.165) is 17.4 Å². The van der Waals surface area contributed by atoms with Gasteiger partial charge in [-0.1, -0.05) is 0 Å². The van der Waals surface area contributed by atoms with Crippen molar-refractivity contribution in [3.05, 3.63) is 41.1 Å². The number of hydrogen-bond acceptors (Lipinski definition) is 4. The van der Waals surface area contributed by atoms with E-state index in [1.165, 1.54) is 0 Å². The van der Waals surface area contributed by atoms with Crippen molar-refractivity contribution in [2.45, 2.75) is 24.8 Å². The van der Waals surface area contributed by atoms with Crippen LogP contribution in [0.15, 0.2) is 40.4 Å². The Labute approximate surface area is 109 Å². The summed E-state index contributed by atoms with van der Waals surface area (Å²) in [5, 5.41) is 14.8. The van der Waals surface area contributed by atoms with Crippen molar-refractivity contribution in [2.75, 3.05) is 0 Å². The molecule has 0 N–H and O–H groups in total. The zero-order valence-electron chi connectivity index (χ0n) is 10.1. The minimum Gasteiger partial charge on any atom is -0.310 e. The monoisotopic (exact) mass is 260 g/mol. The fourth-order valence-corrected chi connectivity index (χ4v) is 2.09. The van der Waals surface area contributed by atoms with Crippen LogP contribution in [0.3, 0.4) is 0 Å². The van der Waals surface area contributed by atoms with Gasteiger partial charge in [-0.3, -0.25) is 4.79 Å². The van der Waals surface area contributed by atoms with Gasteiger partial charge in [-0.05, 0) is 37.7 Å². The van der Waals surface area contributed by atoms with Gasteiger partial charge in [0.15, 0.2) is 0 Å². The van der Waals surface area contributed by atoms with Crippen LogP contribution < -0.4 is 5.56 Å². The Bertz CT molecular complexity index is 637. The molecule has 0 aliphatic rings. The summed E-state index contributed by atoms with van der Waals surface area (Å²) in [5.74, 6) is 0. The lowest BCUT2D eigenvalue weighted by Gasteiger charge is -2.13. The summed E-state index contributed by atoms with van der Waals surface area (Å²) in [6.07, 6.45) is 5.22. The maximum atomic E-state index is 12.1. The van der Waals surface area contributed by atoms with Crippen LogP contribution in [0.25, 0.3) is 5.69 Å². The van der Waals surface area contributed by atoms with Crippen molar-refractivity contribution in [2.24, 2.45) is 0 Å². The number of hydrogen-bond donors (Lipinski definition) is 0. The van der Waals surface area contributed by atoms with E-state index in [4.69, 9.17) is 5.26 Å². The fraction of sp³-hybridized carbons (Fsp3) is 0.250. The molecular formula is C12H12N4OS. The molecule has 0 saturated carbocycles. The molecule has 0 spiro atoms. The van der Waals surface area contributed by atoms with Crippen LogP contribution in [0, 0.1) is 10.7 Å². The standard InChI is InChI=1S/C12H12N4OS/c1-9(2)15-7-10(16-5-3-4-14-16)6-11(12(15)17)18-8-13/h3-7,9H,1-2H3. The molecule has 0 amide bonds. The van der Waals surface area contributed by atoms with Gasteiger partial charge in [0.25, 0.3) is 5.56 Å². The average molecular weight is 260 g/mol. The molecule has 0 aromatic carbocycles. The molecule has 6 heteroatoms. The van der Waals surface area contributed by atoms with Crippen LogP contribution in [0.2, 0.25) is 0 Å². The van der Waals surface area contributed by atoms with Crippen LogP contribution >= 0.6 is 11.8 Å². The number of rotatable bonds is 3. The number of thiocyanates is 1. The molecule has 2 heterocycles. The summed E-state index contributed by atoms with van der Waals surface area (Å²) in [5.41, 5.74) is 0.624. The Hall–Kier alpha value is -2.00. The van der Waals surface area contributed by atoms with E-state index in [1.54, 1.807) is 33.9 Å². The molecule has 0 bridgehead atoms. The molecule has 18 heavy (non-hydrogen) atoms. The SMILES string of the molecule is CC(C)n1cc(-n2cccn2)cc(SC#N)c1=O. The van der Waals surface area contributed by atoms with Crippen molar-refractivity contribution in [1.29, 1.82) is 5.26 Å². The fourth-order valence-electron chi connectivity index (χ4n) is 1.61. The molecular weight excluding hydrogens is 248 g/mol. The molecule has 5 nitrogen and oxygen atoms in total. The third-order valence-electron chi connectivity index (χ3n) is 2.48. The van der Waals surface area contributed by atoms with E-state index < -0.39 is 0 Å². The van der Waals surface area contributed by atoms with Crippen LogP contribution in [-0.2, 0) is 0 Å². The summed E-state index contributed by atoms with van der Waals surface area (Å²) < 4.78 is 3.27. The molecule has 0 atom stereocenters. The van der Waals surface area contributed by atoms with Gasteiger partial charge in [0.05, 0.1) is 10.6 Å². The second kappa shape index (κ2) is 5.10. The van der Waals surface area contributed by atoms with Crippen LogP contribution in [0.4, 0.5) is 0 Å². The highest BCUT2D eigenvalue weighted by Gasteiger charge is 2.10. The molecule has 92 valence electrons. The van der Waals surface area contributed by atoms with Gasteiger partial charge in [0.2, 0.25) is 0 Å². The Balaban J connectivity index is 2.63. The number of thioether (sulfide) groups is 1. The number of nitriles is 1. The molecule has 2 aromatic rings. The highest BCUT2D eigenvalue weighted by Crippen LogP contribution is 2.17. The molecule has 2 aromatic heterocycles. The quantitative estimate of drug-likeness (QED) is 0.627. The predicted molar refractivity (Wildman–Crippen MR) is 69.7 cm³/mol. The Morgan fingerprint density at radius 2 is 2.28 bits per heavy atom. The van der Waals surface area contributed by atoms with Gasteiger partial charge < -0.3 is 4.57 Å². The Kier molecular flexibility index (Phi) is 3.53. The van der Waals surface area contributed by atoms with Crippen LogP contribution in [-0.4, -0.2) is 14.3 Å². The molecule has 0 aliphatic carbocycles. The van der Waals surface area contributed by atoms with Crippen molar-refractivity contribution in [3.8, 4) is 11.1 Å². The summed E-state index contributed by atoms with van der Waals surface area (Å²) in [4.78, 5) is 12.5. The third-order valence-corrected chi connectivity index (χ3v) is 3.08. The zero-order chi connectivity index (χ0) is 13.1. The lowest BCUT2D eigenvalue weighted by atomic mass is 10.3. The zero-order valence-corrected chi connectivity index (χ0v) is 10.9. The first kappa shape index (κ1) is 12.5.